The summed E-state index contributed by atoms with van der Waals surface area (Å²) >= 11 is -1.93. The zero-order valence-electron chi connectivity index (χ0n) is 20.9. The standard InChI is InChI=1S/C20H21.C12H8Si.2ClH.Zr/c1-4-15-10-11-17-12-18(14(2)3)13-19(17)20(15)16-8-6-5-7-9-16;1-3-7-11-9(5-1)10-6-2-4-8-12(10)13-11;;;/h5-14H,4H2,1-3H3;1-7,13H;2*1H;/q;;;;+2/p-2. The molecule has 7 rings (SSSR count). The maximum atomic E-state index is 2.64. The third kappa shape index (κ3) is 3.56. The Morgan fingerprint density at radius 3 is 2.28 bits per heavy atom. The van der Waals surface area contributed by atoms with Crippen LogP contribution in [0.3, 0.4) is 0 Å². The second kappa shape index (κ2) is 9.88. The van der Waals surface area contributed by atoms with Gasteiger partial charge in [0.25, 0.3) is 0 Å². The molecular weight excluding hydrogens is 575 g/mol. The molecule has 4 aromatic carbocycles. The number of benzene rings is 4. The molecule has 4 aromatic rings. The largest absolute Gasteiger partial charge is 1.00 e. The van der Waals surface area contributed by atoms with Crippen molar-refractivity contribution in [3.63, 3.8) is 0 Å². The summed E-state index contributed by atoms with van der Waals surface area (Å²) in [6.07, 6.45) is 3.71. The first-order valence-electron chi connectivity index (χ1n) is 12.7. The maximum Gasteiger partial charge on any atom is -1.00 e. The van der Waals surface area contributed by atoms with Crippen molar-refractivity contribution >= 4 is 25.6 Å². The summed E-state index contributed by atoms with van der Waals surface area (Å²) < 4.78 is 2.54. The van der Waals surface area contributed by atoms with E-state index in [4.69, 9.17) is 0 Å². The molecule has 0 radical (unpaired) electrons. The molecule has 0 saturated carbocycles. The fraction of sp³-hybridized carbons (Fsp3) is 0.188. The SMILES string of the molecule is CCc1ccc2c(c1-c1ccccc1)C=C(C(C)C)[CH]2[Zr+2]1[c]2cccc3c2[SiH]1c1ccccc1-3.[Cl-].[Cl-]. The van der Waals surface area contributed by atoms with Crippen molar-refractivity contribution in [1.29, 1.82) is 0 Å². The minimum absolute atomic E-state index is 0. The van der Waals surface area contributed by atoms with Crippen molar-refractivity contribution in [2.24, 2.45) is 5.92 Å². The van der Waals surface area contributed by atoms with Gasteiger partial charge in [-0.3, -0.25) is 0 Å². The summed E-state index contributed by atoms with van der Waals surface area (Å²) in [5, 5.41) is 3.58. The minimum Gasteiger partial charge on any atom is -1.00 e. The number of halogens is 2. The number of fused-ring (bicyclic) bond motifs is 4. The second-order valence-corrected chi connectivity index (χ2v) is 25.3. The Hall–Kier alpha value is -1.70. The van der Waals surface area contributed by atoms with Gasteiger partial charge in [-0.15, -0.1) is 0 Å². The van der Waals surface area contributed by atoms with E-state index in [1.165, 1.54) is 22.3 Å². The van der Waals surface area contributed by atoms with Crippen LogP contribution in [0.15, 0.2) is 90.5 Å². The molecule has 2 atom stereocenters. The average Bonchev–Trinajstić information content (AvgIpc) is 3.39. The van der Waals surface area contributed by atoms with E-state index in [9.17, 15) is 0 Å². The molecular formula is C32H29Cl2SiZr. The number of hydrogen-bond donors (Lipinski definition) is 0. The van der Waals surface area contributed by atoms with Crippen LogP contribution >= 0.6 is 0 Å². The van der Waals surface area contributed by atoms with Crippen LogP contribution in [0.1, 0.15) is 41.1 Å². The quantitative estimate of drug-likeness (QED) is 0.284. The van der Waals surface area contributed by atoms with Gasteiger partial charge in [0, 0.05) is 0 Å². The van der Waals surface area contributed by atoms with E-state index in [0.717, 1.165) is 6.42 Å². The van der Waals surface area contributed by atoms with Gasteiger partial charge in [-0.25, -0.2) is 0 Å². The van der Waals surface area contributed by atoms with Crippen molar-refractivity contribution in [1.82, 2.24) is 0 Å². The summed E-state index contributed by atoms with van der Waals surface area (Å²) in [6, 6.07) is 32.8. The molecule has 0 amide bonds. The first-order chi connectivity index (χ1) is 16.7. The van der Waals surface area contributed by atoms with Gasteiger partial charge in [-0.1, -0.05) is 0 Å². The first kappa shape index (κ1) is 25.9. The Balaban J connectivity index is 0.00000133. The minimum atomic E-state index is -1.93. The van der Waals surface area contributed by atoms with Gasteiger partial charge in [0.15, 0.2) is 0 Å². The molecule has 0 bridgehead atoms. The summed E-state index contributed by atoms with van der Waals surface area (Å²) in [5.41, 5.74) is 12.4. The molecule has 2 unspecified atom stereocenters. The predicted octanol–water partition coefficient (Wildman–Crippen LogP) is -0.206. The molecule has 0 aromatic heterocycles. The number of rotatable bonds is 4. The van der Waals surface area contributed by atoms with E-state index >= 15 is 0 Å². The van der Waals surface area contributed by atoms with Crippen molar-refractivity contribution in [3.8, 4) is 22.3 Å². The van der Waals surface area contributed by atoms with Crippen LogP contribution in [0.5, 0.6) is 0 Å². The fourth-order valence-corrected chi connectivity index (χ4v) is 33.3. The van der Waals surface area contributed by atoms with E-state index in [1.807, 2.05) is 8.46 Å². The van der Waals surface area contributed by atoms with Crippen LogP contribution in [-0.4, -0.2) is 5.92 Å². The third-order valence-corrected chi connectivity index (χ3v) is 30.5. The Morgan fingerprint density at radius 2 is 1.53 bits per heavy atom. The van der Waals surface area contributed by atoms with Gasteiger partial charge in [0.2, 0.25) is 0 Å². The Labute approximate surface area is 235 Å². The monoisotopic (exact) mass is 601 g/mol. The van der Waals surface area contributed by atoms with Gasteiger partial charge < -0.3 is 24.8 Å². The molecule has 0 fully saturated rings. The molecule has 2 heterocycles. The zero-order valence-corrected chi connectivity index (χ0v) is 26.0. The summed E-state index contributed by atoms with van der Waals surface area (Å²) in [7, 11) is 0. The van der Waals surface area contributed by atoms with Crippen molar-refractivity contribution in [3.05, 3.63) is 107 Å². The number of aryl methyl sites for hydroxylation is 1. The molecule has 36 heavy (non-hydrogen) atoms. The van der Waals surface area contributed by atoms with Crippen LogP contribution in [0, 0.1) is 5.92 Å². The predicted molar refractivity (Wildman–Crippen MR) is 145 cm³/mol. The van der Waals surface area contributed by atoms with E-state index in [2.05, 4.69) is 112 Å². The second-order valence-electron chi connectivity index (χ2n) is 10.3. The van der Waals surface area contributed by atoms with E-state index in [-0.39, 0.29) is 24.8 Å². The molecule has 179 valence electrons. The summed E-state index contributed by atoms with van der Waals surface area (Å²) in [6.45, 7) is 7.16. The Morgan fingerprint density at radius 1 is 0.806 bits per heavy atom. The van der Waals surface area contributed by atoms with Crippen molar-refractivity contribution < 1.29 is 45.7 Å². The fourth-order valence-electron chi connectivity index (χ4n) is 6.84. The molecule has 0 saturated heterocycles. The van der Waals surface area contributed by atoms with Crippen LogP contribution in [0.4, 0.5) is 0 Å². The topological polar surface area (TPSA) is 0 Å². The van der Waals surface area contributed by atoms with Crippen LogP contribution in [0.25, 0.3) is 28.3 Å². The number of allylic oxidation sites excluding steroid dienone is 1. The van der Waals surface area contributed by atoms with Gasteiger partial charge in [0.05, 0.1) is 0 Å². The summed E-state index contributed by atoms with van der Waals surface area (Å²) in [5.74, 6) is -0.448. The average molecular weight is 604 g/mol. The number of hydrogen-bond acceptors (Lipinski definition) is 0. The summed E-state index contributed by atoms with van der Waals surface area (Å²) in [4.78, 5) is 0. The first-order valence-corrected chi connectivity index (χ1v) is 21.3. The van der Waals surface area contributed by atoms with Crippen LogP contribution in [-0.2, 0) is 27.3 Å². The molecule has 3 aliphatic rings. The molecule has 4 heteroatoms. The smallest absolute Gasteiger partial charge is 1.00 e. The zero-order chi connectivity index (χ0) is 23.0. The van der Waals surface area contributed by atoms with E-state index < -0.39 is 26.8 Å². The molecule has 0 spiro atoms. The van der Waals surface area contributed by atoms with E-state index in [0.29, 0.717) is 9.54 Å². The van der Waals surface area contributed by atoms with Crippen molar-refractivity contribution in [2.45, 2.75) is 30.8 Å². The molecule has 0 N–H and O–H groups in total. The molecule has 0 nitrogen and oxygen atoms in total. The van der Waals surface area contributed by atoms with E-state index in [1.54, 1.807) is 27.5 Å². The Kier molecular flexibility index (Phi) is 7.12. The third-order valence-electron chi connectivity index (χ3n) is 8.32. The maximum absolute atomic E-state index is 2.64. The van der Waals surface area contributed by atoms with Gasteiger partial charge >= 0.3 is 213 Å². The van der Waals surface area contributed by atoms with Gasteiger partial charge in [-0.2, -0.15) is 0 Å². The molecule has 1 aliphatic carbocycles. The van der Waals surface area contributed by atoms with Gasteiger partial charge in [-0.05, 0) is 0 Å². The Bertz CT molecular complexity index is 1490. The van der Waals surface area contributed by atoms with Crippen LogP contribution < -0.4 is 38.5 Å². The van der Waals surface area contributed by atoms with Gasteiger partial charge in [0.1, 0.15) is 0 Å². The normalized spacial score (nSPS) is 17.9. The van der Waals surface area contributed by atoms with Crippen molar-refractivity contribution in [2.75, 3.05) is 0 Å². The molecule has 2 aliphatic heterocycles. The van der Waals surface area contributed by atoms with Crippen LogP contribution in [0.2, 0.25) is 0 Å².